The summed E-state index contributed by atoms with van der Waals surface area (Å²) in [5.41, 5.74) is -0.874. The number of aryl methyl sites for hydroxylation is 1. The first-order chi connectivity index (χ1) is 9.27. The topological polar surface area (TPSA) is 63.3 Å². The molecule has 0 amide bonds. The third-order valence-electron chi connectivity index (χ3n) is 1.81. The highest BCUT2D eigenvalue weighted by molar-refractivity contribution is 5.95. The molecule has 76 valence electrons. The molecule has 0 aliphatic carbocycles. The zero-order valence-corrected chi connectivity index (χ0v) is 7.71. The van der Waals surface area contributed by atoms with Crippen molar-refractivity contribution in [1.82, 2.24) is 5.16 Å². The summed E-state index contributed by atoms with van der Waals surface area (Å²) in [6, 6.07) is -2.71. The van der Waals surface area contributed by atoms with Gasteiger partial charge >= 0.3 is 5.97 Å². The first-order valence-electron chi connectivity index (χ1n) is 6.54. The van der Waals surface area contributed by atoms with Gasteiger partial charge in [-0.05, 0) is 6.92 Å². The average molecular weight is 208 g/mol. The molecule has 0 aliphatic rings. The summed E-state index contributed by atoms with van der Waals surface area (Å²) in [6.07, 6.45) is 0. The van der Waals surface area contributed by atoms with E-state index in [2.05, 4.69) is 5.16 Å². The number of carboxylic acids is 1. The monoisotopic (exact) mass is 208 g/mol. The Morgan fingerprint density at radius 1 is 1.47 bits per heavy atom. The van der Waals surface area contributed by atoms with E-state index >= 15 is 0 Å². The molecule has 0 radical (unpaired) electrons. The van der Waals surface area contributed by atoms with Crippen LogP contribution in [-0.4, -0.2) is 16.2 Å². The lowest BCUT2D eigenvalue weighted by atomic mass is 10.1. The van der Waals surface area contributed by atoms with E-state index in [0.717, 1.165) is 0 Å². The van der Waals surface area contributed by atoms with Crippen LogP contribution >= 0.6 is 0 Å². The number of aromatic nitrogens is 1. The van der Waals surface area contributed by atoms with E-state index in [-0.39, 0.29) is 22.6 Å². The van der Waals surface area contributed by atoms with Crippen molar-refractivity contribution in [2.24, 2.45) is 0 Å². The molecule has 15 heavy (non-hydrogen) atoms. The summed E-state index contributed by atoms with van der Waals surface area (Å²) in [5, 5.41) is 12.6. The molecule has 0 saturated carbocycles. The molecule has 1 heterocycles. The summed E-state index contributed by atoms with van der Waals surface area (Å²) < 4.78 is 42.9. The molecule has 2 aromatic rings. The third kappa shape index (κ3) is 1.61. The Hall–Kier alpha value is -2.10. The van der Waals surface area contributed by atoms with Gasteiger partial charge in [0.1, 0.15) is 17.0 Å². The minimum atomic E-state index is -1.34. The third-order valence-corrected chi connectivity index (χ3v) is 1.81. The van der Waals surface area contributed by atoms with Gasteiger partial charge < -0.3 is 9.63 Å². The maximum Gasteiger partial charge on any atom is 0.341 e. The Bertz CT molecular complexity index is 696. The van der Waals surface area contributed by atoms with E-state index in [0.29, 0.717) is 0 Å². The van der Waals surface area contributed by atoms with Gasteiger partial charge in [-0.25, -0.2) is 4.79 Å². The summed E-state index contributed by atoms with van der Waals surface area (Å²) in [7, 11) is 0. The maximum atomic E-state index is 11.2. The van der Waals surface area contributed by atoms with Gasteiger partial charge in [0.15, 0.2) is 0 Å². The van der Waals surface area contributed by atoms with Gasteiger partial charge in [0, 0.05) is 5.56 Å². The van der Waals surface area contributed by atoms with E-state index in [1.54, 1.807) is 0 Å². The Morgan fingerprint density at radius 2 is 2.13 bits per heavy atom. The lowest BCUT2D eigenvalue weighted by Gasteiger charge is -1.96. The van der Waals surface area contributed by atoms with Gasteiger partial charge in [-0.15, -0.1) is 0 Å². The van der Waals surface area contributed by atoms with Gasteiger partial charge in [-0.3, -0.25) is 0 Å². The largest absolute Gasteiger partial charge is 0.477 e. The summed E-state index contributed by atoms with van der Waals surface area (Å²) >= 11 is 0. The molecule has 1 N–H and O–H groups in total. The van der Waals surface area contributed by atoms with Gasteiger partial charge in [-0.1, -0.05) is 35.4 Å². The molecule has 0 aliphatic heterocycles. The highest BCUT2D eigenvalue weighted by Gasteiger charge is 2.20. The van der Waals surface area contributed by atoms with E-state index < -0.39 is 36.2 Å². The zero-order chi connectivity index (χ0) is 15.2. The number of hydrogen-bond acceptors (Lipinski definition) is 3. The van der Waals surface area contributed by atoms with E-state index in [9.17, 15) is 4.79 Å². The summed E-state index contributed by atoms with van der Waals surface area (Å²) in [4.78, 5) is 11.2. The van der Waals surface area contributed by atoms with E-state index in [1.165, 1.54) is 6.92 Å². The molecule has 0 bridgehead atoms. The molecule has 1 aromatic carbocycles. The second kappa shape index (κ2) is 3.57. The average Bonchev–Trinajstić information content (AvgIpc) is 2.76. The molecule has 2 rings (SSSR count). The number of aromatic carboxylic acids is 1. The van der Waals surface area contributed by atoms with Crippen molar-refractivity contribution < 1.29 is 21.3 Å². The number of nitrogens with zero attached hydrogens (tertiary/aromatic N) is 1. The number of benzene rings is 1. The Morgan fingerprint density at radius 3 is 2.73 bits per heavy atom. The van der Waals surface area contributed by atoms with Crippen molar-refractivity contribution >= 4 is 5.97 Å². The molecule has 0 spiro atoms. The maximum absolute atomic E-state index is 11.2. The Kier molecular flexibility index (Phi) is 1.22. The van der Waals surface area contributed by atoms with Gasteiger partial charge in [0.25, 0.3) is 0 Å². The van der Waals surface area contributed by atoms with Crippen LogP contribution in [0.1, 0.15) is 23.0 Å². The second-order valence-electron chi connectivity index (χ2n) is 2.77. The predicted octanol–water partition coefficient (Wildman–Crippen LogP) is 2.35. The SMILES string of the molecule is [2H]c1c([2H])c([2H])c(-c2noc(C)c2C(=O)O)c([2H])c1[2H]. The quantitative estimate of drug-likeness (QED) is 0.822. The van der Waals surface area contributed by atoms with Crippen molar-refractivity contribution in [3.8, 4) is 11.3 Å². The smallest absolute Gasteiger partial charge is 0.341 e. The molecule has 0 fully saturated rings. The van der Waals surface area contributed by atoms with Crippen LogP contribution in [0.5, 0.6) is 0 Å². The number of carbonyl (C=O) groups is 1. The van der Waals surface area contributed by atoms with Gasteiger partial charge in [-0.2, -0.15) is 0 Å². The van der Waals surface area contributed by atoms with E-state index in [1.807, 2.05) is 0 Å². The van der Waals surface area contributed by atoms with Crippen LogP contribution in [0.3, 0.4) is 0 Å². The molecule has 4 heteroatoms. The fraction of sp³-hybridized carbons (Fsp3) is 0.0909. The summed E-state index contributed by atoms with van der Waals surface area (Å²) in [5.74, 6) is -1.34. The minimum absolute atomic E-state index is 0.000638. The van der Waals surface area contributed by atoms with Crippen LogP contribution in [0, 0.1) is 6.92 Å². The molecule has 0 atom stereocenters. The predicted molar refractivity (Wildman–Crippen MR) is 53.6 cm³/mol. The highest BCUT2D eigenvalue weighted by Crippen LogP contribution is 2.24. The van der Waals surface area contributed by atoms with Crippen LogP contribution in [0.4, 0.5) is 0 Å². The molecule has 0 saturated heterocycles. The first kappa shape index (κ1) is 5.11. The molecule has 0 unspecified atom stereocenters. The standard InChI is InChI=1S/C11H9NO3/c1-7-9(11(13)14)10(12-15-7)8-5-3-2-4-6-8/h2-6H,1H3,(H,13,14)/i2D,3D,4D,5D,6D. The van der Waals surface area contributed by atoms with Crippen LogP contribution in [0.2, 0.25) is 0 Å². The number of rotatable bonds is 2. The highest BCUT2D eigenvalue weighted by atomic mass is 16.5. The summed E-state index contributed by atoms with van der Waals surface area (Å²) in [6.45, 7) is 1.37. The molecular weight excluding hydrogens is 194 g/mol. The fourth-order valence-corrected chi connectivity index (χ4v) is 1.16. The van der Waals surface area contributed by atoms with Crippen LogP contribution in [-0.2, 0) is 0 Å². The number of hydrogen-bond donors (Lipinski definition) is 1. The minimum Gasteiger partial charge on any atom is -0.477 e. The van der Waals surface area contributed by atoms with Gasteiger partial charge in [0.05, 0.1) is 6.85 Å². The van der Waals surface area contributed by atoms with Crippen molar-refractivity contribution in [3.05, 3.63) is 41.5 Å². The molecule has 1 aromatic heterocycles. The van der Waals surface area contributed by atoms with Crippen molar-refractivity contribution in [2.45, 2.75) is 6.92 Å². The van der Waals surface area contributed by atoms with Crippen LogP contribution < -0.4 is 0 Å². The lowest BCUT2D eigenvalue weighted by molar-refractivity contribution is 0.0696. The lowest BCUT2D eigenvalue weighted by Crippen LogP contribution is -1.98. The van der Waals surface area contributed by atoms with E-state index in [4.69, 9.17) is 16.5 Å². The molecular formula is C11H9NO3. The van der Waals surface area contributed by atoms with Crippen molar-refractivity contribution in [2.75, 3.05) is 0 Å². The van der Waals surface area contributed by atoms with Gasteiger partial charge in [0.2, 0.25) is 0 Å². The zero-order valence-electron chi connectivity index (χ0n) is 12.7. The normalized spacial score (nSPS) is 14.9. The molecule has 4 nitrogen and oxygen atoms in total. The van der Waals surface area contributed by atoms with Crippen molar-refractivity contribution in [1.29, 1.82) is 0 Å². The Labute approximate surface area is 93.2 Å². The Balaban J connectivity index is 2.88. The number of carboxylic acid groups (broad SMARTS) is 1. The first-order valence-corrected chi connectivity index (χ1v) is 4.04. The fourth-order valence-electron chi connectivity index (χ4n) is 1.16. The van der Waals surface area contributed by atoms with Crippen LogP contribution in [0.25, 0.3) is 11.3 Å². The van der Waals surface area contributed by atoms with Crippen molar-refractivity contribution in [3.63, 3.8) is 0 Å². The van der Waals surface area contributed by atoms with Crippen LogP contribution in [0.15, 0.2) is 34.7 Å². The second-order valence-corrected chi connectivity index (χ2v) is 2.77.